The minimum Gasteiger partial charge on any atom is -1.00 e. The van der Waals surface area contributed by atoms with E-state index in [4.69, 9.17) is 86.5 Å². The molecule has 6 rings (SSSR count). The number of alkyl halides is 1. The normalized spacial score (nSPS) is 10.1. The quantitative estimate of drug-likeness (QED) is 0.0128. The molecule has 3 heterocycles. The monoisotopic (exact) mass is 1470 g/mol. The maximum Gasteiger partial charge on any atom is 1.00 e. The zero-order chi connectivity index (χ0) is 59.8. The molecule has 0 atom stereocenters. The zero-order valence-corrected chi connectivity index (χ0v) is 59.6. The Morgan fingerprint density at radius 1 is 0.646 bits per heavy atom. The van der Waals surface area contributed by atoms with Gasteiger partial charge in [0.25, 0.3) is 6.47 Å². The summed E-state index contributed by atoms with van der Waals surface area (Å²) in [4.78, 5) is 57.3. The van der Waals surface area contributed by atoms with E-state index in [2.05, 4.69) is 88.3 Å². The van der Waals surface area contributed by atoms with Crippen LogP contribution in [0.15, 0.2) is 128 Å². The summed E-state index contributed by atoms with van der Waals surface area (Å²) in [6.07, 6.45) is 3.08. The van der Waals surface area contributed by atoms with Crippen molar-refractivity contribution < 1.29 is 173 Å². The molecule has 0 spiro atoms. The van der Waals surface area contributed by atoms with Gasteiger partial charge in [-0.1, -0.05) is 40.9 Å². The molecule has 0 aliphatic heterocycles. The number of phenols is 1. The van der Waals surface area contributed by atoms with Gasteiger partial charge < -0.3 is 56.6 Å². The number of carbonyl (C=O) groups is 4. The Morgan fingerprint density at radius 2 is 1.03 bits per heavy atom. The van der Waals surface area contributed by atoms with E-state index >= 15 is 0 Å². The average Bonchev–Trinajstić information content (AvgIpc) is 3.31. The fourth-order valence-electron chi connectivity index (χ4n) is 4.44. The third-order valence-electron chi connectivity index (χ3n) is 7.20. The third-order valence-corrected chi connectivity index (χ3v) is 9.97. The fourth-order valence-corrected chi connectivity index (χ4v) is 6.04. The van der Waals surface area contributed by atoms with Gasteiger partial charge in [-0.25, -0.2) is 24.5 Å². The van der Waals surface area contributed by atoms with Crippen LogP contribution >= 0.6 is 98.5 Å². The van der Waals surface area contributed by atoms with E-state index in [0.717, 1.165) is 23.6 Å². The summed E-state index contributed by atoms with van der Waals surface area (Å²) in [5.74, 6) is 1.70. The van der Waals surface area contributed by atoms with Gasteiger partial charge in [-0.15, -0.1) is 0 Å². The van der Waals surface area contributed by atoms with Gasteiger partial charge in [0.1, 0.15) is 38.7 Å². The number of nitrogens with two attached hydrogens (primary N) is 2. The van der Waals surface area contributed by atoms with Crippen molar-refractivity contribution in [3.05, 3.63) is 148 Å². The minimum absolute atomic E-state index is 0. The van der Waals surface area contributed by atoms with Crippen molar-refractivity contribution >= 4 is 135 Å². The first kappa shape index (κ1) is 78.8. The molecule has 0 saturated carbocycles. The van der Waals surface area contributed by atoms with E-state index in [1.54, 1.807) is 115 Å². The number of esters is 1. The number of hydrogen-bond acceptors (Lipinski definition) is 18. The van der Waals surface area contributed by atoms with Crippen LogP contribution < -0.4 is 129 Å². The summed E-state index contributed by atoms with van der Waals surface area (Å²) in [7, 11) is -1.00. The minimum atomic E-state index is -1.06. The van der Waals surface area contributed by atoms with Crippen molar-refractivity contribution in [3.63, 3.8) is 0 Å². The summed E-state index contributed by atoms with van der Waals surface area (Å²) < 4.78 is 49.3. The summed E-state index contributed by atoms with van der Waals surface area (Å²) in [6.45, 7) is 15.3. The summed E-state index contributed by atoms with van der Waals surface area (Å²) in [5.41, 5.74) is 10.9. The Kier molecular flexibility index (Phi) is 42.4. The molecule has 0 fully saturated rings. The number of pyridine rings is 3. The zero-order valence-electron chi connectivity index (χ0n) is 46.8. The van der Waals surface area contributed by atoms with Crippen LogP contribution in [-0.4, -0.2) is 68.8 Å². The molecule has 79 heavy (non-hydrogen) atoms. The molecule has 18 nitrogen and oxygen atoms in total. The summed E-state index contributed by atoms with van der Waals surface area (Å²) in [6, 6.07) is 25.7. The largest absolute Gasteiger partial charge is 1.00 e. The molecule has 6 aromatic rings. The van der Waals surface area contributed by atoms with Gasteiger partial charge in [-0.2, -0.15) is 0 Å². The van der Waals surface area contributed by atoms with Crippen molar-refractivity contribution in [3.8, 4) is 29.0 Å². The van der Waals surface area contributed by atoms with Gasteiger partial charge in [-0.05, 0) is 204 Å². The van der Waals surface area contributed by atoms with Crippen molar-refractivity contribution in [2.24, 2.45) is 0 Å². The molecule has 3 aromatic heterocycles. The molecule has 28 heteroatoms. The number of ether oxygens (including phenoxy) is 6. The van der Waals surface area contributed by atoms with Gasteiger partial charge in [0.05, 0.1) is 30.0 Å². The Hall–Kier alpha value is -2.26. The maximum absolute atomic E-state index is 11.8. The van der Waals surface area contributed by atoms with Gasteiger partial charge in [0.2, 0.25) is 11.8 Å². The van der Waals surface area contributed by atoms with Crippen LogP contribution in [0, 0.1) is 0 Å². The second kappa shape index (κ2) is 42.5. The van der Waals surface area contributed by atoms with Crippen LogP contribution in [0.1, 0.15) is 70.7 Å². The second-order valence-corrected chi connectivity index (χ2v) is 22.1. The van der Waals surface area contributed by atoms with Crippen molar-refractivity contribution in [1.82, 2.24) is 15.0 Å². The molecule has 0 bridgehead atoms. The number of nitrogens with zero attached hydrogens (tertiary/aromatic N) is 3. The molecular formula is C51H57Br4Cl3FK2N5O13. The SMILES string of the molecule is Brc1ccc(Br)nc1.CC(C)(C)OC(=O)Cc1ccc(Oc2ccc(Br)cn2)c(Cl)c1.CC(C)(C)OC(=O)OC(=O)OC(C)(C)C.Nc1ccc(O)c(Cl)c1.Nc1ccc(Oc2ccc(Br)cn2)c(Cl)c1.O=CO[O-].[2H]CF.[H-].[K+].[K+]. The number of rotatable bonds is 7. The first-order valence-electron chi connectivity index (χ1n) is 22.3. The number of carbonyl (C=O) groups excluding carboxylic acids is 4. The van der Waals surface area contributed by atoms with Gasteiger partial charge in [-0.3, -0.25) is 14.0 Å². The van der Waals surface area contributed by atoms with E-state index < -0.39 is 36.3 Å². The Bertz CT molecular complexity index is 2740. The van der Waals surface area contributed by atoms with Crippen LogP contribution in [-0.2, 0) is 39.8 Å². The number of hydrogen-bond donors (Lipinski definition) is 3. The van der Waals surface area contributed by atoms with Gasteiger partial charge >= 0.3 is 121 Å². The summed E-state index contributed by atoms with van der Waals surface area (Å²) in [5, 5.41) is 18.4. The van der Waals surface area contributed by atoms with Crippen molar-refractivity contribution in [2.45, 2.75) is 85.5 Å². The van der Waals surface area contributed by atoms with Crippen LogP contribution in [0.5, 0.6) is 29.0 Å². The van der Waals surface area contributed by atoms with Crippen molar-refractivity contribution in [1.29, 1.82) is 0 Å². The van der Waals surface area contributed by atoms with Gasteiger partial charge in [0.15, 0.2) is 0 Å². The number of anilines is 2. The molecule has 0 aliphatic carbocycles. The van der Waals surface area contributed by atoms with E-state index in [1.807, 2.05) is 45.0 Å². The smallest absolute Gasteiger partial charge is 1.00 e. The topological polar surface area (TPSA) is 267 Å². The number of nitrogen functional groups attached to an aromatic ring is 2. The number of aromatic nitrogens is 3. The van der Waals surface area contributed by atoms with E-state index in [1.165, 1.54) is 12.1 Å². The summed E-state index contributed by atoms with van der Waals surface area (Å²) >= 11 is 30.7. The number of benzene rings is 3. The molecule has 0 aliphatic rings. The van der Waals surface area contributed by atoms with E-state index in [0.29, 0.717) is 44.7 Å². The maximum atomic E-state index is 11.8. The van der Waals surface area contributed by atoms with Crippen LogP contribution in [0.3, 0.4) is 0 Å². The molecule has 5 N–H and O–H groups in total. The average molecular weight is 1470 g/mol. The van der Waals surface area contributed by atoms with Crippen LogP contribution in [0.4, 0.5) is 25.4 Å². The first-order valence-corrected chi connectivity index (χ1v) is 25.9. The van der Waals surface area contributed by atoms with Crippen LogP contribution in [0.25, 0.3) is 0 Å². The Balaban J connectivity index is -0.000000457. The van der Waals surface area contributed by atoms with E-state index in [9.17, 15) is 18.8 Å². The Morgan fingerprint density at radius 3 is 1.34 bits per heavy atom. The van der Waals surface area contributed by atoms with Crippen molar-refractivity contribution in [2.75, 3.05) is 18.6 Å². The number of aromatic hydroxyl groups is 1. The van der Waals surface area contributed by atoms with Gasteiger partial charge in [0, 0.05) is 55.5 Å². The predicted molar refractivity (Wildman–Crippen MR) is 307 cm³/mol. The first-order chi connectivity index (χ1) is 36.2. The molecule has 0 amide bonds. The number of halogens is 8. The number of phenolic OH excluding ortho intramolecular Hbond substituents is 1. The molecule has 0 radical (unpaired) electrons. The molecule has 422 valence electrons. The standard InChI is InChI=1S/C17H17BrClNO3.C11H8BrClN2O.C10H18O5.C6H6ClNO.C5H3Br2N.CH3F.CH2O3.2K.H/c1-17(2,3)23-16(21)9-11-4-6-14(13(19)8-11)22-15-7-5-12(18)10-20-15;12-7-1-4-11(15-6-7)16-10-3-2-8(14)5-9(10)13;1-9(2,3)14-7(11)13-8(12)15-10(4,5)6;7-5-3-4(8)1-2-6(5)9;6-4-1-2-5(7)8-3-4;1-2;2-1-4-3;;;/h4-8,10H,9H2,1-3H3;1-6H,14H2;1-6H3;1-3,9H,8H2;1-3H;1H3;1,3H;;;/q;;;;;;;2*+1;-1/p-1/i;;;;;1D;;;;. The van der Waals surface area contributed by atoms with E-state index in [-0.39, 0.29) is 134 Å². The third kappa shape index (κ3) is 42.2. The predicted octanol–water partition coefficient (Wildman–Crippen LogP) is 9.29. The van der Waals surface area contributed by atoms with Crippen LogP contribution in [0.2, 0.25) is 15.1 Å². The molecule has 3 aromatic carbocycles. The Labute approximate surface area is 595 Å². The molecular weight excluding hydrogens is 1410 g/mol. The molecule has 0 saturated heterocycles. The second-order valence-electron chi connectivity index (χ2n) is 17.3. The molecule has 0 unspecified atom stereocenters. The fraction of sp³-hybridized carbons (Fsp3) is 0.275.